The minimum atomic E-state index is 0.796. The number of aromatic nitrogens is 1. The van der Waals surface area contributed by atoms with Crippen LogP contribution in [0.4, 0.5) is 0 Å². The number of benzene rings is 3. The highest BCUT2D eigenvalue weighted by Gasteiger charge is 2.13. The summed E-state index contributed by atoms with van der Waals surface area (Å²) in [5.41, 5.74) is 7.17. The highest BCUT2D eigenvalue weighted by atomic mass is 15.0. The first-order valence-electron chi connectivity index (χ1n) is 9.15. The molecular formula is C24H20N2. The van der Waals surface area contributed by atoms with E-state index in [1.54, 1.807) is 0 Å². The summed E-state index contributed by atoms with van der Waals surface area (Å²) in [5, 5.41) is 10.4. The van der Waals surface area contributed by atoms with Crippen molar-refractivity contribution in [3.8, 4) is 5.69 Å². The van der Waals surface area contributed by atoms with Crippen molar-refractivity contribution < 1.29 is 0 Å². The van der Waals surface area contributed by atoms with Crippen molar-refractivity contribution in [1.29, 1.82) is 5.41 Å². The normalized spacial score (nSPS) is 14.8. The van der Waals surface area contributed by atoms with E-state index in [2.05, 4.69) is 83.4 Å². The van der Waals surface area contributed by atoms with Crippen molar-refractivity contribution in [2.24, 2.45) is 0 Å². The van der Waals surface area contributed by atoms with Crippen LogP contribution in [-0.4, -0.2) is 10.3 Å². The Morgan fingerprint density at radius 1 is 0.692 bits per heavy atom. The third-order valence-corrected chi connectivity index (χ3v) is 5.37. The van der Waals surface area contributed by atoms with Crippen LogP contribution >= 0.6 is 0 Å². The molecule has 1 aliphatic rings. The van der Waals surface area contributed by atoms with Crippen LogP contribution in [0.1, 0.15) is 24.8 Å². The van der Waals surface area contributed by atoms with Crippen molar-refractivity contribution >= 4 is 33.1 Å². The summed E-state index contributed by atoms with van der Waals surface area (Å²) in [6.07, 6.45) is 4.87. The molecule has 0 radical (unpaired) electrons. The second-order valence-corrected chi connectivity index (χ2v) is 6.95. The van der Waals surface area contributed by atoms with Crippen LogP contribution in [0.5, 0.6) is 0 Å². The van der Waals surface area contributed by atoms with E-state index in [1.165, 1.54) is 38.6 Å². The van der Waals surface area contributed by atoms with Gasteiger partial charge in [-0.3, -0.25) is 0 Å². The first-order chi connectivity index (χ1) is 12.8. The third kappa shape index (κ3) is 2.38. The van der Waals surface area contributed by atoms with Gasteiger partial charge in [-0.15, -0.1) is 0 Å². The molecular weight excluding hydrogens is 316 g/mol. The Balaban J connectivity index is 1.65. The molecule has 0 unspecified atom stereocenters. The van der Waals surface area contributed by atoms with E-state index >= 15 is 0 Å². The fourth-order valence-electron chi connectivity index (χ4n) is 4.02. The quantitative estimate of drug-likeness (QED) is 0.440. The number of allylic oxidation sites excluding steroid dienone is 2. The average molecular weight is 336 g/mol. The highest BCUT2D eigenvalue weighted by Crippen LogP contribution is 2.32. The first kappa shape index (κ1) is 15.2. The van der Waals surface area contributed by atoms with Gasteiger partial charge in [0.25, 0.3) is 0 Å². The van der Waals surface area contributed by atoms with Gasteiger partial charge < -0.3 is 9.98 Å². The van der Waals surface area contributed by atoms with E-state index in [4.69, 9.17) is 5.41 Å². The van der Waals surface area contributed by atoms with E-state index in [9.17, 15) is 0 Å². The molecule has 1 N–H and O–H groups in total. The molecule has 0 amide bonds. The molecule has 2 nitrogen and oxygen atoms in total. The summed E-state index contributed by atoms with van der Waals surface area (Å²) in [5.74, 6) is 0. The SMILES string of the molecule is N=C1CC=C(c2ccc(-n3c4ccccc4c4ccccc43)cc2)CC1. The van der Waals surface area contributed by atoms with Gasteiger partial charge in [-0.05, 0) is 48.2 Å². The predicted molar refractivity (Wildman–Crippen MR) is 110 cm³/mol. The molecule has 1 aliphatic carbocycles. The Morgan fingerprint density at radius 2 is 1.31 bits per heavy atom. The van der Waals surface area contributed by atoms with Crippen LogP contribution in [0, 0.1) is 5.41 Å². The average Bonchev–Trinajstić information content (AvgIpc) is 3.03. The van der Waals surface area contributed by atoms with Crippen molar-refractivity contribution in [3.63, 3.8) is 0 Å². The third-order valence-electron chi connectivity index (χ3n) is 5.37. The number of rotatable bonds is 2. The zero-order valence-electron chi connectivity index (χ0n) is 14.6. The van der Waals surface area contributed by atoms with E-state index in [-0.39, 0.29) is 0 Å². The van der Waals surface area contributed by atoms with Crippen LogP contribution in [0.3, 0.4) is 0 Å². The number of hydrogen-bond donors (Lipinski definition) is 1. The summed E-state index contributed by atoms with van der Waals surface area (Å²) in [4.78, 5) is 0. The van der Waals surface area contributed by atoms with Crippen molar-refractivity contribution in [3.05, 3.63) is 84.4 Å². The van der Waals surface area contributed by atoms with Gasteiger partial charge in [0.15, 0.2) is 0 Å². The lowest BCUT2D eigenvalue weighted by molar-refractivity contribution is 1.03. The number of nitrogens with zero attached hydrogens (tertiary/aromatic N) is 1. The number of hydrogen-bond acceptors (Lipinski definition) is 1. The van der Waals surface area contributed by atoms with Crippen LogP contribution in [0.2, 0.25) is 0 Å². The summed E-state index contributed by atoms with van der Waals surface area (Å²) in [6, 6.07) is 26.1. The Bertz CT molecular complexity index is 1110. The van der Waals surface area contributed by atoms with Gasteiger partial charge in [0.2, 0.25) is 0 Å². The lowest BCUT2D eigenvalue weighted by Crippen LogP contribution is -2.02. The molecule has 0 aliphatic heterocycles. The number of nitrogens with one attached hydrogen (secondary N) is 1. The first-order valence-corrected chi connectivity index (χ1v) is 9.15. The van der Waals surface area contributed by atoms with Crippen LogP contribution in [-0.2, 0) is 0 Å². The Hall–Kier alpha value is -3.13. The second-order valence-electron chi connectivity index (χ2n) is 6.95. The molecule has 0 saturated carbocycles. The lowest BCUT2D eigenvalue weighted by atomic mass is 9.92. The van der Waals surface area contributed by atoms with Gasteiger partial charge in [0.05, 0.1) is 11.0 Å². The smallest absolute Gasteiger partial charge is 0.0541 e. The van der Waals surface area contributed by atoms with Gasteiger partial charge >= 0.3 is 0 Å². The molecule has 0 saturated heterocycles. The van der Waals surface area contributed by atoms with E-state index < -0.39 is 0 Å². The van der Waals surface area contributed by atoms with Gasteiger partial charge in [-0.25, -0.2) is 0 Å². The van der Waals surface area contributed by atoms with Gasteiger partial charge in [0.1, 0.15) is 0 Å². The Morgan fingerprint density at radius 3 is 1.88 bits per heavy atom. The van der Waals surface area contributed by atoms with Gasteiger partial charge in [-0.2, -0.15) is 0 Å². The molecule has 0 bridgehead atoms. The molecule has 0 spiro atoms. The topological polar surface area (TPSA) is 28.8 Å². The zero-order valence-corrected chi connectivity index (χ0v) is 14.6. The minimum Gasteiger partial charge on any atom is -0.309 e. The molecule has 1 aromatic heterocycles. The molecule has 4 aromatic rings. The maximum Gasteiger partial charge on any atom is 0.0541 e. The van der Waals surface area contributed by atoms with E-state index in [0.29, 0.717) is 0 Å². The summed E-state index contributed by atoms with van der Waals surface area (Å²) < 4.78 is 2.35. The predicted octanol–water partition coefficient (Wildman–Crippen LogP) is 6.37. The number of fused-ring (bicyclic) bond motifs is 3. The van der Waals surface area contributed by atoms with Gasteiger partial charge in [-0.1, -0.05) is 54.6 Å². The van der Waals surface area contributed by atoms with Crippen molar-refractivity contribution in [2.75, 3.05) is 0 Å². The summed E-state index contributed by atoms with van der Waals surface area (Å²) in [7, 11) is 0. The second kappa shape index (κ2) is 5.99. The van der Waals surface area contributed by atoms with E-state index in [0.717, 1.165) is 25.0 Å². The Labute approximate surface area is 152 Å². The van der Waals surface area contributed by atoms with E-state index in [1.807, 2.05) is 0 Å². The zero-order chi connectivity index (χ0) is 17.5. The molecule has 2 heteroatoms. The summed E-state index contributed by atoms with van der Waals surface area (Å²) >= 11 is 0. The number of para-hydroxylation sites is 2. The maximum absolute atomic E-state index is 7.78. The molecule has 0 atom stereocenters. The largest absolute Gasteiger partial charge is 0.309 e. The highest BCUT2D eigenvalue weighted by molar-refractivity contribution is 6.09. The lowest BCUT2D eigenvalue weighted by Gasteiger charge is -2.15. The molecule has 0 fully saturated rings. The minimum absolute atomic E-state index is 0.796. The molecule has 3 aromatic carbocycles. The Kier molecular flexibility index (Phi) is 3.49. The fraction of sp³-hybridized carbons (Fsp3) is 0.125. The summed E-state index contributed by atoms with van der Waals surface area (Å²) in [6.45, 7) is 0. The van der Waals surface area contributed by atoms with Crippen LogP contribution in [0.25, 0.3) is 33.1 Å². The molecule has 5 rings (SSSR count). The fourth-order valence-corrected chi connectivity index (χ4v) is 4.02. The standard InChI is InChI=1S/C24H20N2/c25-19-13-9-17(10-14-19)18-11-15-20(16-12-18)26-23-7-3-1-5-21(23)22-6-2-4-8-24(22)26/h1-9,11-12,15-16,25H,10,13-14H2. The van der Waals surface area contributed by atoms with Gasteiger partial charge in [0, 0.05) is 28.6 Å². The monoisotopic (exact) mass is 336 g/mol. The van der Waals surface area contributed by atoms with Crippen molar-refractivity contribution in [1.82, 2.24) is 4.57 Å². The molecule has 126 valence electrons. The molecule has 1 heterocycles. The van der Waals surface area contributed by atoms with Crippen LogP contribution in [0.15, 0.2) is 78.9 Å². The maximum atomic E-state index is 7.78. The van der Waals surface area contributed by atoms with Crippen molar-refractivity contribution in [2.45, 2.75) is 19.3 Å². The van der Waals surface area contributed by atoms with Crippen LogP contribution < -0.4 is 0 Å². The molecule has 26 heavy (non-hydrogen) atoms.